The number of hydrogen-bond donors (Lipinski definition) is 0. The standard InChI is InChI=1S/C24H38/c1-15-7-11-21(12-8-15)23-18(4)17(3)19(5)24(20(23)6)22-13-9-16(2)10-14-22/h15-16,21-22H,7-14H2,1-6H3. The molecule has 0 aromatic heterocycles. The maximum atomic E-state index is 2.46. The molecule has 0 radical (unpaired) electrons. The average Bonchev–Trinajstić information content (AvgIpc) is 2.56. The van der Waals surface area contributed by atoms with Gasteiger partial charge in [-0.25, -0.2) is 0 Å². The highest BCUT2D eigenvalue weighted by Gasteiger charge is 2.29. The maximum absolute atomic E-state index is 2.46. The van der Waals surface area contributed by atoms with Crippen molar-refractivity contribution in [1.29, 1.82) is 0 Å². The van der Waals surface area contributed by atoms with Crippen molar-refractivity contribution in [1.82, 2.24) is 0 Å². The fourth-order valence-electron chi connectivity index (χ4n) is 5.72. The molecule has 2 aliphatic carbocycles. The maximum Gasteiger partial charge on any atom is -0.0156 e. The molecule has 0 heterocycles. The Morgan fingerprint density at radius 1 is 0.458 bits per heavy atom. The second-order valence-electron chi connectivity index (χ2n) is 9.24. The zero-order valence-electron chi connectivity index (χ0n) is 17.0. The molecule has 0 nitrogen and oxygen atoms in total. The van der Waals surface area contributed by atoms with Crippen LogP contribution in [0.4, 0.5) is 0 Å². The van der Waals surface area contributed by atoms with Gasteiger partial charge in [0.1, 0.15) is 0 Å². The smallest absolute Gasteiger partial charge is 0.0156 e. The first kappa shape index (κ1) is 18.0. The van der Waals surface area contributed by atoms with Gasteiger partial charge in [-0.3, -0.25) is 0 Å². The molecule has 1 aromatic carbocycles. The van der Waals surface area contributed by atoms with Gasteiger partial charge in [0, 0.05) is 0 Å². The lowest BCUT2D eigenvalue weighted by atomic mass is 9.70. The summed E-state index contributed by atoms with van der Waals surface area (Å²) >= 11 is 0. The molecule has 134 valence electrons. The second-order valence-corrected chi connectivity index (χ2v) is 9.24. The minimum absolute atomic E-state index is 0.821. The van der Waals surface area contributed by atoms with E-state index < -0.39 is 0 Å². The quantitative estimate of drug-likeness (QED) is 0.527. The van der Waals surface area contributed by atoms with E-state index in [4.69, 9.17) is 0 Å². The molecule has 2 saturated carbocycles. The topological polar surface area (TPSA) is 0 Å². The first-order valence-electron chi connectivity index (χ1n) is 10.5. The average molecular weight is 327 g/mol. The fraction of sp³-hybridized carbons (Fsp3) is 0.750. The van der Waals surface area contributed by atoms with E-state index in [2.05, 4.69) is 41.5 Å². The highest BCUT2D eigenvalue weighted by atomic mass is 14.3. The van der Waals surface area contributed by atoms with E-state index in [9.17, 15) is 0 Å². The molecular weight excluding hydrogens is 288 g/mol. The summed E-state index contributed by atoms with van der Waals surface area (Å²) in [5.41, 5.74) is 9.98. The Kier molecular flexibility index (Phi) is 5.42. The molecule has 0 unspecified atom stereocenters. The van der Waals surface area contributed by atoms with Crippen molar-refractivity contribution in [2.24, 2.45) is 11.8 Å². The van der Waals surface area contributed by atoms with Crippen molar-refractivity contribution < 1.29 is 0 Å². The Hall–Kier alpha value is -0.780. The van der Waals surface area contributed by atoms with Gasteiger partial charge in [-0.15, -0.1) is 0 Å². The van der Waals surface area contributed by atoms with Crippen molar-refractivity contribution in [3.8, 4) is 0 Å². The van der Waals surface area contributed by atoms with E-state index in [0.29, 0.717) is 0 Å². The van der Waals surface area contributed by atoms with Crippen LogP contribution in [0.2, 0.25) is 0 Å². The predicted molar refractivity (Wildman–Crippen MR) is 106 cm³/mol. The summed E-state index contributed by atoms with van der Waals surface area (Å²) in [4.78, 5) is 0. The van der Waals surface area contributed by atoms with Crippen molar-refractivity contribution in [2.75, 3.05) is 0 Å². The van der Waals surface area contributed by atoms with Gasteiger partial charge in [0.25, 0.3) is 0 Å². The Labute approximate surface area is 150 Å². The van der Waals surface area contributed by atoms with Crippen molar-refractivity contribution >= 4 is 0 Å². The Balaban J connectivity index is 2.00. The van der Waals surface area contributed by atoms with Gasteiger partial charge >= 0.3 is 0 Å². The number of benzene rings is 1. The van der Waals surface area contributed by atoms with E-state index >= 15 is 0 Å². The Morgan fingerprint density at radius 2 is 0.792 bits per heavy atom. The molecule has 0 amide bonds. The van der Waals surface area contributed by atoms with E-state index in [1.54, 1.807) is 33.4 Å². The molecule has 0 N–H and O–H groups in total. The summed E-state index contributed by atoms with van der Waals surface area (Å²) in [5.74, 6) is 3.52. The van der Waals surface area contributed by atoms with Gasteiger partial charge in [0.15, 0.2) is 0 Å². The monoisotopic (exact) mass is 326 g/mol. The first-order chi connectivity index (χ1) is 11.4. The normalized spacial score (nSPS) is 31.2. The molecule has 0 bridgehead atoms. The SMILES string of the molecule is Cc1c(C)c(C2CCC(C)CC2)c(C)c(C2CCC(C)CC2)c1C. The third-order valence-electron chi connectivity index (χ3n) is 7.59. The highest BCUT2D eigenvalue weighted by Crippen LogP contribution is 2.45. The van der Waals surface area contributed by atoms with Crippen molar-refractivity contribution in [3.05, 3.63) is 33.4 Å². The molecule has 0 heteroatoms. The lowest BCUT2D eigenvalue weighted by Crippen LogP contribution is -2.18. The Bertz CT molecular complexity index is 530. The van der Waals surface area contributed by atoms with Crippen LogP contribution >= 0.6 is 0 Å². The second kappa shape index (κ2) is 7.22. The highest BCUT2D eigenvalue weighted by molar-refractivity contribution is 5.53. The third-order valence-corrected chi connectivity index (χ3v) is 7.59. The van der Waals surface area contributed by atoms with Gasteiger partial charge in [-0.05, 0) is 110 Å². The van der Waals surface area contributed by atoms with Crippen LogP contribution in [0.3, 0.4) is 0 Å². The van der Waals surface area contributed by atoms with Crippen LogP contribution in [0.1, 0.15) is 110 Å². The molecule has 1 aromatic rings. The molecule has 3 rings (SSSR count). The van der Waals surface area contributed by atoms with E-state index in [1.807, 2.05) is 0 Å². The summed E-state index contributed by atoms with van der Waals surface area (Å²) in [6, 6.07) is 0. The minimum Gasteiger partial charge on any atom is -0.0625 e. The van der Waals surface area contributed by atoms with Crippen LogP contribution in [-0.4, -0.2) is 0 Å². The number of rotatable bonds is 2. The summed E-state index contributed by atoms with van der Waals surface area (Å²) in [6.45, 7) is 14.5. The molecule has 2 fully saturated rings. The molecule has 2 aliphatic rings. The van der Waals surface area contributed by atoms with Gasteiger partial charge in [-0.1, -0.05) is 39.5 Å². The van der Waals surface area contributed by atoms with Crippen LogP contribution in [-0.2, 0) is 0 Å². The van der Waals surface area contributed by atoms with Gasteiger partial charge in [-0.2, -0.15) is 0 Å². The molecule has 0 atom stereocenters. The largest absolute Gasteiger partial charge is 0.0625 e. The summed E-state index contributed by atoms with van der Waals surface area (Å²) in [5, 5.41) is 0. The minimum atomic E-state index is 0.821. The van der Waals surface area contributed by atoms with Gasteiger partial charge < -0.3 is 0 Å². The van der Waals surface area contributed by atoms with Crippen LogP contribution in [0, 0.1) is 39.5 Å². The van der Waals surface area contributed by atoms with Crippen molar-refractivity contribution in [2.45, 2.75) is 105 Å². The first-order valence-corrected chi connectivity index (χ1v) is 10.5. The molecule has 0 saturated heterocycles. The lowest BCUT2D eigenvalue weighted by molar-refractivity contribution is 0.340. The zero-order valence-corrected chi connectivity index (χ0v) is 17.0. The summed E-state index contributed by atoms with van der Waals surface area (Å²) in [7, 11) is 0. The number of hydrogen-bond acceptors (Lipinski definition) is 0. The van der Waals surface area contributed by atoms with Crippen LogP contribution in [0.15, 0.2) is 0 Å². The van der Waals surface area contributed by atoms with Crippen LogP contribution in [0.5, 0.6) is 0 Å². The van der Waals surface area contributed by atoms with Gasteiger partial charge in [0.2, 0.25) is 0 Å². The molecular formula is C24H38. The van der Waals surface area contributed by atoms with Crippen LogP contribution in [0.25, 0.3) is 0 Å². The molecule has 0 aliphatic heterocycles. The fourth-order valence-corrected chi connectivity index (χ4v) is 5.72. The predicted octanol–water partition coefficient (Wildman–Crippen LogP) is 7.51. The lowest BCUT2D eigenvalue weighted by Gasteiger charge is -2.35. The summed E-state index contributed by atoms with van der Waals surface area (Å²) < 4.78 is 0. The van der Waals surface area contributed by atoms with Crippen molar-refractivity contribution in [3.63, 3.8) is 0 Å². The van der Waals surface area contributed by atoms with Gasteiger partial charge in [0.05, 0.1) is 0 Å². The summed E-state index contributed by atoms with van der Waals surface area (Å²) in [6.07, 6.45) is 11.3. The van der Waals surface area contributed by atoms with E-state index in [1.165, 1.54) is 51.4 Å². The van der Waals surface area contributed by atoms with Crippen LogP contribution < -0.4 is 0 Å². The zero-order chi connectivity index (χ0) is 17.4. The molecule has 0 spiro atoms. The Morgan fingerprint density at radius 3 is 1.12 bits per heavy atom. The van der Waals surface area contributed by atoms with E-state index in [-0.39, 0.29) is 0 Å². The van der Waals surface area contributed by atoms with E-state index in [0.717, 1.165) is 23.7 Å². The third kappa shape index (κ3) is 3.31. The molecule has 24 heavy (non-hydrogen) atoms.